The molecule has 0 aliphatic rings. The predicted molar refractivity (Wildman–Crippen MR) is 66.0 cm³/mol. The van der Waals surface area contributed by atoms with Gasteiger partial charge < -0.3 is 10.2 Å². The van der Waals surface area contributed by atoms with Gasteiger partial charge in [-0.25, -0.2) is 0 Å². The maximum Gasteiger partial charge on any atom is 0.308 e. The van der Waals surface area contributed by atoms with Crippen LogP contribution in [0.25, 0.3) is 0 Å². The van der Waals surface area contributed by atoms with Crippen LogP contribution in [0, 0.1) is 10.1 Å². The highest BCUT2D eigenvalue weighted by Crippen LogP contribution is 2.27. The minimum atomic E-state index is -1.36. The van der Waals surface area contributed by atoms with E-state index in [1.165, 1.54) is 0 Å². The SMILES string of the molecule is O=C(O)Cc1cc(C(=O)Cl)cc([N+](=O)[O-])c1CC(=O)O. The van der Waals surface area contributed by atoms with Gasteiger partial charge >= 0.3 is 11.9 Å². The number of carbonyl (C=O) groups excluding carboxylic acids is 1. The molecule has 0 radical (unpaired) electrons. The molecule has 0 unspecified atom stereocenters. The Hall–Kier alpha value is -2.48. The Morgan fingerprint density at radius 1 is 1.15 bits per heavy atom. The number of nitro benzene ring substituents is 1. The molecule has 8 nitrogen and oxygen atoms in total. The first-order chi connectivity index (χ1) is 9.22. The Kier molecular flexibility index (Phi) is 4.76. The van der Waals surface area contributed by atoms with Crippen molar-refractivity contribution < 1.29 is 29.5 Å². The Morgan fingerprint density at radius 2 is 1.70 bits per heavy atom. The van der Waals surface area contributed by atoms with Gasteiger partial charge in [-0.3, -0.25) is 24.5 Å². The van der Waals surface area contributed by atoms with Crippen molar-refractivity contribution >= 4 is 34.5 Å². The second-order valence-electron chi connectivity index (χ2n) is 3.80. The zero-order valence-corrected chi connectivity index (χ0v) is 10.6. The quantitative estimate of drug-likeness (QED) is 0.458. The first-order valence-electron chi connectivity index (χ1n) is 5.16. The fourth-order valence-corrected chi connectivity index (χ4v) is 1.78. The molecule has 1 aromatic rings. The number of hydrogen-bond donors (Lipinski definition) is 2. The summed E-state index contributed by atoms with van der Waals surface area (Å²) >= 11 is 5.22. The van der Waals surface area contributed by atoms with Gasteiger partial charge in [-0.1, -0.05) is 0 Å². The normalized spacial score (nSPS) is 10.1. The van der Waals surface area contributed by atoms with E-state index in [0.29, 0.717) is 0 Å². The number of nitrogens with zero attached hydrogens (tertiary/aromatic N) is 1. The number of carbonyl (C=O) groups is 3. The molecule has 0 bridgehead atoms. The number of halogens is 1. The van der Waals surface area contributed by atoms with Crippen molar-refractivity contribution in [1.82, 2.24) is 0 Å². The minimum absolute atomic E-state index is 0.127. The molecule has 0 aromatic heterocycles. The molecule has 106 valence electrons. The number of rotatable bonds is 6. The van der Waals surface area contributed by atoms with Gasteiger partial charge in [-0.15, -0.1) is 0 Å². The highest BCUT2D eigenvalue weighted by Gasteiger charge is 2.24. The van der Waals surface area contributed by atoms with E-state index in [9.17, 15) is 24.5 Å². The van der Waals surface area contributed by atoms with Crippen LogP contribution in [0.5, 0.6) is 0 Å². The Morgan fingerprint density at radius 3 is 2.10 bits per heavy atom. The van der Waals surface area contributed by atoms with Crippen molar-refractivity contribution in [2.75, 3.05) is 0 Å². The minimum Gasteiger partial charge on any atom is -0.481 e. The predicted octanol–water partition coefficient (Wildman–Crippen LogP) is 1.23. The molecule has 1 aromatic carbocycles. The molecule has 0 heterocycles. The average Bonchev–Trinajstić information content (AvgIpc) is 2.28. The number of aliphatic carboxylic acids is 2. The molecule has 0 fully saturated rings. The van der Waals surface area contributed by atoms with E-state index < -0.39 is 40.6 Å². The molecule has 9 heteroatoms. The third kappa shape index (κ3) is 3.75. The third-order valence-corrected chi connectivity index (χ3v) is 2.63. The van der Waals surface area contributed by atoms with Crippen molar-refractivity contribution in [1.29, 1.82) is 0 Å². The highest BCUT2D eigenvalue weighted by molar-refractivity contribution is 6.67. The monoisotopic (exact) mass is 301 g/mol. The van der Waals surface area contributed by atoms with E-state index in [-0.39, 0.29) is 16.7 Å². The second kappa shape index (κ2) is 6.11. The van der Waals surface area contributed by atoms with E-state index in [2.05, 4.69) is 0 Å². The van der Waals surface area contributed by atoms with Crippen molar-refractivity contribution in [3.05, 3.63) is 38.9 Å². The van der Waals surface area contributed by atoms with E-state index >= 15 is 0 Å². The number of carboxylic acid groups (broad SMARTS) is 2. The Labute approximate surface area is 116 Å². The number of carboxylic acids is 2. The van der Waals surface area contributed by atoms with Crippen LogP contribution in [-0.2, 0) is 22.4 Å². The molecule has 0 aliphatic carbocycles. The van der Waals surface area contributed by atoms with E-state index in [4.69, 9.17) is 21.8 Å². The van der Waals surface area contributed by atoms with Gasteiger partial charge in [-0.05, 0) is 23.2 Å². The second-order valence-corrected chi connectivity index (χ2v) is 4.15. The number of benzene rings is 1. The largest absolute Gasteiger partial charge is 0.481 e. The molecule has 0 aliphatic heterocycles. The van der Waals surface area contributed by atoms with Crippen molar-refractivity contribution in [3.8, 4) is 0 Å². The van der Waals surface area contributed by atoms with Gasteiger partial charge in [0.05, 0.1) is 17.8 Å². The maximum atomic E-state index is 11.1. The zero-order valence-electron chi connectivity index (χ0n) is 9.83. The molecular formula is C11H8ClNO7. The van der Waals surface area contributed by atoms with Gasteiger partial charge in [0.2, 0.25) is 0 Å². The summed E-state index contributed by atoms with van der Waals surface area (Å²) in [6, 6.07) is 1.88. The van der Waals surface area contributed by atoms with Crippen molar-refractivity contribution in [2.24, 2.45) is 0 Å². The van der Waals surface area contributed by atoms with Crippen LogP contribution in [0.15, 0.2) is 12.1 Å². The molecule has 0 amide bonds. The summed E-state index contributed by atoms with van der Waals surface area (Å²) in [4.78, 5) is 42.6. The van der Waals surface area contributed by atoms with Crippen molar-refractivity contribution in [3.63, 3.8) is 0 Å². The lowest BCUT2D eigenvalue weighted by Crippen LogP contribution is -2.12. The van der Waals surface area contributed by atoms with Gasteiger partial charge in [0.1, 0.15) is 0 Å². The standard InChI is InChI=1S/C11H8ClNO7/c12-11(18)6-1-5(3-9(14)15)7(4-10(16)17)8(2-6)13(19)20/h1-2H,3-4H2,(H,14,15)(H,16,17). The molecule has 0 spiro atoms. The van der Waals surface area contributed by atoms with Gasteiger partial charge in [0.25, 0.3) is 10.9 Å². The Balaban J connectivity index is 3.56. The summed E-state index contributed by atoms with van der Waals surface area (Å²) < 4.78 is 0. The Bertz CT molecular complexity index is 611. The lowest BCUT2D eigenvalue weighted by Gasteiger charge is -2.08. The highest BCUT2D eigenvalue weighted by atomic mass is 35.5. The average molecular weight is 302 g/mol. The van der Waals surface area contributed by atoms with Gasteiger partial charge in [-0.2, -0.15) is 0 Å². The number of hydrogen-bond acceptors (Lipinski definition) is 5. The van der Waals surface area contributed by atoms with E-state index in [0.717, 1.165) is 12.1 Å². The smallest absolute Gasteiger partial charge is 0.308 e. The molecule has 2 N–H and O–H groups in total. The first-order valence-corrected chi connectivity index (χ1v) is 5.53. The summed E-state index contributed by atoms with van der Waals surface area (Å²) in [5.41, 5.74) is -1.29. The summed E-state index contributed by atoms with van der Waals surface area (Å²) in [6.45, 7) is 0. The summed E-state index contributed by atoms with van der Waals surface area (Å²) in [6.07, 6.45) is -1.38. The molecular weight excluding hydrogens is 294 g/mol. The van der Waals surface area contributed by atoms with E-state index in [1.54, 1.807) is 0 Å². The van der Waals surface area contributed by atoms with Crippen LogP contribution >= 0.6 is 11.6 Å². The molecule has 0 saturated heterocycles. The van der Waals surface area contributed by atoms with Crippen LogP contribution < -0.4 is 0 Å². The first kappa shape index (κ1) is 15.6. The number of nitro groups is 1. The summed E-state index contributed by atoms with van der Waals surface area (Å²) in [7, 11) is 0. The summed E-state index contributed by atoms with van der Waals surface area (Å²) in [5, 5.41) is 27.4. The summed E-state index contributed by atoms with van der Waals surface area (Å²) in [5.74, 6) is -2.67. The van der Waals surface area contributed by atoms with Crippen molar-refractivity contribution in [2.45, 2.75) is 12.8 Å². The zero-order chi connectivity index (χ0) is 15.4. The molecule has 0 atom stereocenters. The van der Waals surface area contributed by atoms with Gasteiger partial charge in [0.15, 0.2) is 0 Å². The fourth-order valence-electron chi connectivity index (χ4n) is 1.67. The van der Waals surface area contributed by atoms with Crippen LogP contribution in [0.2, 0.25) is 0 Å². The molecule has 1 rings (SSSR count). The maximum absolute atomic E-state index is 11.1. The molecule has 20 heavy (non-hydrogen) atoms. The van der Waals surface area contributed by atoms with Crippen LogP contribution in [0.3, 0.4) is 0 Å². The van der Waals surface area contributed by atoms with Crippen LogP contribution in [-0.4, -0.2) is 32.3 Å². The van der Waals surface area contributed by atoms with Gasteiger partial charge in [0, 0.05) is 17.2 Å². The lowest BCUT2D eigenvalue weighted by molar-refractivity contribution is -0.385. The third-order valence-electron chi connectivity index (χ3n) is 2.41. The van der Waals surface area contributed by atoms with E-state index in [1.807, 2.05) is 0 Å². The topological polar surface area (TPSA) is 135 Å². The van der Waals surface area contributed by atoms with Crippen LogP contribution in [0.4, 0.5) is 5.69 Å². The lowest BCUT2D eigenvalue weighted by atomic mass is 9.97. The molecule has 0 saturated carbocycles. The fraction of sp³-hybridized carbons (Fsp3) is 0.182. The van der Waals surface area contributed by atoms with Crippen LogP contribution in [0.1, 0.15) is 21.5 Å².